The monoisotopic (exact) mass is 376 g/mol. The predicted octanol–water partition coefficient (Wildman–Crippen LogP) is 4.21. The summed E-state index contributed by atoms with van der Waals surface area (Å²) in [5.41, 5.74) is 1.07. The molecule has 1 saturated carbocycles. The first kappa shape index (κ1) is 16.8. The summed E-state index contributed by atoms with van der Waals surface area (Å²) in [5.74, 6) is 1.88. The largest absolute Gasteiger partial charge is 0.338 e. The maximum Gasteiger partial charge on any atom is 0.263 e. The second kappa shape index (κ2) is 6.25. The topological polar surface area (TPSA) is 73.8 Å². The van der Waals surface area contributed by atoms with E-state index in [0.29, 0.717) is 23.5 Å². The second-order valence-electron chi connectivity index (χ2n) is 6.43. The number of nitrogens with zero attached hydrogens (tertiary/aromatic N) is 4. The van der Waals surface area contributed by atoms with Gasteiger partial charge < -0.3 is 4.52 Å². The summed E-state index contributed by atoms with van der Waals surface area (Å²) < 4.78 is 7.16. The SMILES string of the molecule is CCn1c(SC(C)c2nc(C3CC3)no2)nc2sc(C)c(C)c2c1=O. The number of thioether (sulfide) groups is 1. The van der Waals surface area contributed by atoms with Crippen molar-refractivity contribution in [3.8, 4) is 0 Å². The maximum absolute atomic E-state index is 12.9. The van der Waals surface area contributed by atoms with E-state index in [1.807, 2.05) is 27.7 Å². The number of fused-ring (bicyclic) bond motifs is 1. The van der Waals surface area contributed by atoms with Gasteiger partial charge in [0.25, 0.3) is 5.56 Å². The van der Waals surface area contributed by atoms with Crippen molar-refractivity contribution < 1.29 is 4.52 Å². The molecule has 1 atom stereocenters. The van der Waals surface area contributed by atoms with Crippen molar-refractivity contribution in [2.75, 3.05) is 0 Å². The molecule has 25 heavy (non-hydrogen) atoms. The molecule has 0 aromatic carbocycles. The molecule has 0 amide bonds. The Morgan fingerprint density at radius 3 is 2.80 bits per heavy atom. The third-order valence-electron chi connectivity index (χ3n) is 4.60. The molecule has 0 spiro atoms. The number of hydrogen-bond acceptors (Lipinski definition) is 7. The molecule has 1 fully saturated rings. The van der Waals surface area contributed by atoms with Crippen LogP contribution in [0.3, 0.4) is 0 Å². The van der Waals surface area contributed by atoms with Crippen LogP contribution in [0.4, 0.5) is 0 Å². The molecular weight excluding hydrogens is 356 g/mol. The second-order valence-corrected chi connectivity index (χ2v) is 8.94. The first-order valence-corrected chi connectivity index (χ1v) is 10.2. The van der Waals surface area contributed by atoms with Crippen LogP contribution in [-0.4, -0.2) is 19.7 Å². The molecule has 1 aliphatic rings. The van der Waals surface area contributed by atoms with Gasteiger partial charge in [0.15, 0.2) is 11.0 Å². The Balaban J connectivity index is 1.71. The molecule has 0 radical (unpaired) electrons. The van der Waals surface area contributed by atoms with Crippen LogP contribution >= 0.6 is 23.1 Å². The minimum Gasteiger partial charge on any atom is -0.338 e. The zero-order valence-corrected chi connectivity index (χ0v) is 16.3. The predicted molar refractivity (Wildman–Crippen MR) is 99.6 cm³/mol. The zero-order valence-electron chi connectivity index (χ0n) is 14.7. The van der Waals surface area contributed by atoms with Gasteiger partial charge in [-0.2, -0.15) is 4.98 Å². The van der Waals surface area contributed by atoms with Gasteiger partial charge >= 0.3 is 0 Å². The average Bonchev–Trinajstić information content (AvgIpc) is 3.23. The number of hydrogen-bond donors (Lipinski definition) is 0. The van der Waals surface area contributed by atoms with E-state index in [1.54, 1.807) is 15.9 Å². The summed E-state index contributed by atoms with van der Waals surface area (Å²) in [6, 6.07) is 0. The summed E-state index contributed by atoms with van der Waals surface area (Å²) in [5, 5.41) is 5.48. The van der Waals surface area contributed by atoms with Crippen LogP contribution in [0.15, 0.2) is 14.5 Å². The highest BCUT2D eigenvalue weighted by atomic mass is 32.2. The van der Waals surface area contributed by atoms with E-state index in [0.717, 1.165) is 39.3 Å². The van der Waals surface area contributed by atoms with Gasteiger partial charge in [-0.25, -0.2) is 4.98 Å². The minimum absolute atomic E-state index is 0.0354. The smallest absolute Gasteiger partial charge is 0.263 e. The Hall–Kier alpha value is -1.67. The molecule has 3 aromatic heterocycles. The molecule has 0 saturated heterocycles. The summed E-state index contributed by atoms with van der Waals surface area (Å²) in [6.07, 6.45) is 2.29. The Morgan fingerprint density at radius 2 is 2.12 bits per heavy atom. The van der Waals surface area contributed by atoms with Crippen molar-refractivity contribution in [2.45, 2.75) is 63.4 Å². The molecule has 132 valence electrons. The lowest BCUT2D eigenvalue weighted by molar-refractivity contribution is 0.374. The standard InChI is InChI=1S/C17H20N4O2S2/c1-5-21-16(22)12-8(2)9(3)24-15(12)19-17(21)25-10(4)14-18-13(20-23-14)11-6-7-11/h10-11H,5-7H2,1-4H3. The van der Waals surface area contributed by atoms with Crippen molar-refractivity contribution in [3.05, 3.63) is 32.5 Å². The van der Waals surface area contributed by atoms with Crippen LogP contribution < -0.4 is 5.56 Å². The van der Waals surface area contributed by atoms with Crippen molar-refractivity contribution >= 4 is 33.3 Å². The number of rotatable bonds is 5. The fourth-order valence-electron chi connectivity index (χ4n) is 2.81. The van der Waals surface area contributed by atoms with E-state index in [-0.39, 0.29) is 10.8 Å². The molecule has 1 aliphatic carbocycles. The van der Waals surface area contributed by atoms with Crippen LogP contribution in [-0.2, 0) is 6.54 Å². The van der Waals surface area contributed by atoms with E-state index in [2.05, 4.69) is 10.1 Å². The molecule has 8 heteroatoms. The van der Waals surface area contributed by atoms with Gasteiger partial charge in [0, 0.05) is 17.3 Å². The van der Waals surface area contributed by atoms with Crippen LogP contribution in [0, 0.1) is 13.8 Å². The quantitative estimate of drug-likeness (QED) is 0.490. The van der Waals surface area contributed by atoms with E-state index in [4.69, 9.17) is 9.51 Å². The summed E-state index contributed by atoms with van der Waals surface area (Å²) in [6.45, 7) is 8.59. The molecule has 0 N–H and O–H groups in total. The fraction of sp³-hybridized carbons (Fsp3) is 0.529. The van der Waals surface area contributed by atoms with Crippen LogP contribution in [0.25, 0.3) is 10.2 Å². The molecule has 3 heterocycles. The van der Waals surface area contributed by atoms with Crippen molar-refractivity contribution in [2.24, 2.45) is 0 Å². The van der Waals surface area contributed by atoms with Gasteiger partial charge in [-0.3, -0.25) is 9.36 Å². The van der Waals surface area contributed by atoms with Crippen molar-refractivity contribution in [1.82, 2.24) is 19.7 Å². The van der Waals surface area contributed by atoms with E-state index in [1.165, 1.54) is 11.8 Å². The van der Waals surface area contributed by atoms with E-state index < -0.39 is 0 Å². The first-order chi connectivity index (χ1) is 12.0. The lowest BCUT2D eigenvalue weighted by atomic mass is 10.2. The van der Waals surface area contributed by atoms with Gasteiger partial charge in [-0.15, -0.1) is 11.3 Å². The van der Waals surface area contributed by atoms with Gasteiger partial charge in [0.05, 0.1) is 10.6 Å². The Kier molecular flexibility index (Phi) is 4.19. The maximum atomic E-state index is 12.9. The average molecular weight is 377 g/mol. The third kappa shape index (κ3) is 2.91. The molecule has 0 aliphatic heterocycles. The van der Waals surface area contributed by atoms with E-state index >= 15 is 0 Å². The molecule has 6 nitrogen and oxygen atoms in total. The van der Waals surface area contributed by atoms with E-state index in [9.17, 15) is 4.79 Å². The van der Waals surface area contributed by atoms with Crippen LogP contribution in [0.5, 0.6) is 0 Å². The number of aryl methyl sites for hydroxylation is 2. The molecule has 1 unspecified atom stereocenters. The van der Waals surface area contributed by atoms with Gasteiger partial charge in [0.2, 0.25) is 5.89 Å². The Morgan fingerprint density at radius 1 is 1.36 bits per heavy atom. The third-order valence-corrected chi connectivity index (χ3v) is 6.78. The molecule has 0 bridgehead atoms. The highest BCUT2D eigenvalue weighted by Crippen LogP contribution is 2.40. The molecular formula is C17H20N4O2S2. The van der Waals surface area contributed by atoms with Crippen molar-refractivity contribution in [3.63, 3.8) is 0 Å². The normalized spacial score (nSPS) is 15.8. The summed E-state index contributed by atoms with van der Waals surface area (Å²) in [4.78, 5) is 24.1. The fourth-order valence-corrected chi connectivity index (χ4v) is 4.88. The lowest BCUT2D eigenvalue weighted by Gasteiger charge is -2.12. The minimum atomic E-state index is -0.0516. The number of aromatic nitrogens is 4. The summed E-state index contributed by atoms with van der Waals surface area (Å²) in [7, 11) is 0. The number of thiophene rings is 1. The Labute approximate surface area is 153 Å². The highest BCUT2D eigenvalue weighted by Gasteiger charge is 2.30. The summed E-state index contributed by atoms with van der Waals surface area (Å²) >= 11 is 3.08. The molecule has 3 aromatic rings. The van der Waals surface area contributed by atoms with Crippen molar-refractivity contribution in [1.29, 1.82) is 0 Å². The van der Waals surface area contributed by atoms with Gasteiger partial charge in [0.1, 0.15) is 4.83 Å². The highest BCUT2D eigenvalue weighted by molar-refractivity contribution is 7.99. The first-order valence-electron chi connectivity index (χ1n) is 8.50. The molecule has 4 rings (SSSR count). The lowest BCUT2D eigenvalue weighted by Crippen LogP contribution is -2.22. The van der Waals surface area contributed by atoms with Gasteiger partial charge in [-0.1, -0.05) is 16.9 Å². The zero-order chi connectivity index (χ0) is 17.7. The van der Waals surface area contributed by atoms with Crippen LogP contribution in [0.2, 0.25) is 0 Å². The Bertz CT molecular complexity index is 1000. The van der Waals surface area contributed by atoms with Crippen LogP contribution in [0.1, 0.15) is 60.0 Å². The van der Waals surface area contributed by atoms with Gasteiger partial charge in [-0.05, 0) is 46.1 Å².